The van der Waals surface area contributed by atoms with Gasteiger partial charge in [0.25, 0.3) is 5.91 Å². The van der Waals surface area contributed by atoms with Crippen molar-refractivity contribution in [1.82, 2.24) is 9.88 Å². The molecule has 0 aliphatic heterocycles. The Morgan fingerprint density at radius 3 is 2.47 bits per heavy atom. The third kappa shape index (κ3) is 3.59. The Morgan fingerprint density at radius 2 is 2.00 bits per heavy atom. The van der Waals surface area contributed by atoms with Crippen LogP contribution in [0.25, 0.3) is 0 Å². The molecule has 2 atom stereocenters. The van der Waals surface area contributed by atoms with Gasteiger partial charge in [-0.15, -0.1) is 0 Å². The molecule has 0 aliphatic carbocycles. The highest BCUT2D eigenvalue weighted by Gasteiger charge is 2.26. The number of carboxylic acid groups (broad SMARTS) is 1. The highest BCUT2D eigenvalue weighted by atomic mass is 16.4. The minimum Gasteiger partial charge on any atom is -0.480 e. The average molecular weight is 266 g/mol. The zero-order valence-corrected chi connectivity index (χ0v) is 11.9. The summed E-state index contributed by atoms with van der Waals surface area (Å²) in [5.41, 5.74) is 0.490. The van der Waals surface area contributed by atoms with Crippen LogP contribution < -0.4 is 5.32 Å². The maximum absolute atomic E-state index is 12.2. The van der Waals surface area contributed by atoms with Crippen molar-refractivity contribution < 1.29 is 14.7 Å². The van der Waals surface area contributed by atoms with Crippen molar-refractivity contribution in [3.63, 3.8) is 0 Å². The summed E-state index contributed by atoms with van der Waals surface area (Å²) < 4.78 is 1.82. The quantitative estimate of drug-likeness (QED) is 0.830. The largest absolute Gasteiger partial charge is 0.480 e. The molecule has 1 rings (SSSR count). The van der Waals surface area contributed by atoms with Crippen LogP contribution in [-0.2, 0) is 4.79 Å². The Kier molecular flexibility index (Phi) is 5.15. The Hall–Kier alpha value is -1.78. The van der Waals surface area contributed by atoms with Crippen LogP contribution in [0.2, 0.25) is 0 Å². The number of aliphatic carboxylic acids is 1. The van der Waals surface area contributed by atoms with Gasteiger partial charge in [-0.1, -0.05) is 20.3 Å². The highest BCUT2D eigenvalue weighted by molar-refractivity contribution is 5.95. The van der Waals surface area contributed by atoms with E-state index in [0.29, 0.717) is 12.1 Å². The van der Waals surface area contributed by atoms with Gasteiger partial charge in [0.15, 0.2) is 0 Å². The maximum Gasteiger partial charge on any atom is 0.326 e. The number of carbonyl (C=O) groups is 2. The van der Waals surface area contributed by atoms with Gasteiger partial charge in [0.2, 0.25) is 0 Å². The molecule has 19 heavy (non-hydrogen) atoms. The first kappa shape index (κ1) is 15.3. The fourth-order valence-electron chi connectivity index (χ4n) is 1.93. The lowest BCUT2D eigenvalue weighted by atomic mass is 9.99. The van der Waals surface area contributed by atoms with Crippen molar-refractivity contribution in [1.29, 1.82) is 0 Å². The molecular weight excluding hydrogens is 244 g/mol. The second kappa shape index (κ2) is 6.41. The second-order valence-electron chi connectivity index (χ2n) is 5.07. The Morgan fingerprint density at radius 1 is 1.37 bits per heavy atom. The van der Waals surface area contributed by atoms with Gasteiger partial charge < -0.3 is 15.0 Å². The summed E-state index contributed by atoms with van der Waals surface area (Å²) in [6.45, 7) is 7.67. The standard InChI is InChI=1S/C14H22N2O3/c1-5-10(4)12(14(18)19)15-13(17)11-7-6-8-16(11)9(2)3/h6-10,12H,5H2,1-4H3,(H,15,17)(H,18,19)/t10?,12-/m0/s1. The first-order valence-electron chi connectivity index (χ1n) is 6.59. The second-order valence-corrected chi connectivity index (χ2v) is 5.07. The van der Waals surface area contributed by atoms with E-state index >= 15 is 0 Å². The molecule has 0 aliphatic rings. The van der Waals surface area contributed by atoms with E-state index in [1.165, 1.54) is 0 Å². The Balaban J connectivity index is 2.88. The van der Waals surface area contributed by atoms with Crippen molar-refractivity contribution in [2.75, 3.05) is 0 Å². The molecule has 0 fully saturated rings. The maximum atomic E-state index is 12.2. The van der Waals surface area contributed by atoms with E-state index < -0.39 is 12.0 Å². The van der Waals surface area contributed by atoms with Crippen LogP contribution >= 0.6 is 0 Å². The van der Waals surface area contributed by atoms with Gasteiger partial charge in [-0.2, -0.15) is 0 Å². The summed E-state index contributed by atoms with van der Waals surface area (Å²) >= 11 is 0. The predicted molar refractivity (Wildman–Crippen MR) is 73.2 cm³/mol. The van der Waals surface area contributed by atoms with Crippen LogP contribution in [0.15, 0.2) is 18.3 Å². The normalized spacial score (nSPS) is 14.2. The predicted octanol–water partition coefficient (Wildman–Crippen LogP) is 2.30. The van der Waals surface area contributed by atoms with E-state index in [1.807, 2.05) is 38.5 Å². The first-order chi connectivity index (χ1) is 8.88. The monoisotopic (exact) mass is 266 g/mol. The Labute approximate surface area is 113 Å². The Bertz CT molecular complexity index is 451. The van der Waals surface area contributed by atoms with Crippen LogP contribution in [0, 0.1) is 5.92 Å². The number of hydrogen-bond donors (Lipinski definition) is 2. The molecule has 1 aromatic heterocycles. The summed E-state index contributed by atoms with van der Waals surface area (Å²) in [6.07, 6.45) is 2.51. The molecule has 106 valence electrons. The summed E-state index contributed by atoms with van der Waals surface area (Å²) in [4.78, 5) is 23.4. The molecular formula is C14H22N2O3. The molecule has 0 bridgehead atoms. The molecule has 1 unspecified atom stereocenters. The van der Waals surface area contributed by atoms with Crippen LogP contribution in [0.3, 0.4) is 0 Å². The van der Waals surface area contributed by atoms with Crippen LogP contribution in [0.4, 0.5) is 0 Å². The van der Waals surface area contributed by atoms with E-state index in [9.17, 15) is 14.7 Å². The minimum absolute atomic E-state index is 0.107. The summed E-state index contributed by atoms with van der Waals surface area (Å²) in [7, 11) is 0. The zero-order chi connectivity index (χ0) is 14.6. The molecule has 2 N–H and O–H groups in total. The highest BCUT2D eigenvalue weighted by Crippen LogP contribution is 2.13. The van der Waals surface area contributed by atoms with E-state index in [4.69, 9.17) is 0 Å². The molecule has 1 heterocycles. The number of nitrogens with one attached hydrogen (secondary N) is 1. The SMILES string of the molecule is CCC(C)[C@H](NC(=O)c1cccn1C(C)C)C(=O)O. The first-order valence-corrected chi connectivity index (χ1v) is 6.59. The van der Waals surface area contributed by atoms with Gasteiger partial charge in [0.1, 0.15) is 11.7 Å². The van der Waals surface area contributed by atoms with E-state index in [-0.39, 0.29) is 17.9 Å². The van der Waals surface area contributed by atoms with Gasteiger partial charge in [-0.3, -0.25) is 4.79 Å². The van der Waals surface area contributed by atoms with Crippen LogP contribution in [0.1, 0.15) is 50.6 Å². The van der Waals surface area contributed by atoms with Gasteiger partial charge in [-0.25, -0.2) is 4.79 Å². The topological polar surface area (TPSA) is 71.3 Å². The van der Waals surface area contributed by atoms with Crippen molar-refractivity contribution in [2.24, 2.45) is 5.92 Å². The van der Waals surface area contributed by atoms with Crippen LogP contribution in [0.5, 0.6) is 0 Å². The lowest BCUT2D eigenvalue weighted by Gasteiger charge is -2.21. The molecule has 1 amide bonds. The van der Waals surface area contributed by atoms with Gasteiger partial charge in [-0.05, 0) is 31.9 Å². The molecule has 5 nitrogen and oxygen atoms in total. The van der Waals surface area contributed by atoms with Crippen molar-refractivity contribution in [3.8, 4) is 0 Å². The van der Waals surface area contributed by atoms with E-state index in [1.54, 1.807) is 12.1 Å². The van der Waals surface area contributed by atoms with Crippen LogP contribution in [-0.4, -0.2) is 27.6 Å². The van der Waals surface area contributed by atoms with E-state index in [0.717, 1.165) is 0 Å². The van der Waals surface area contributed by atoms with Gasteiger partial charge in [0.05, 0.1) is 0 Å². The molecule has 1 aromatic rings. The van der Waals surface area contributed by atoms with Crippen molar-refractivity contribution >= 4 is 11.9 Å². The third-order valence-electron chi connectivity index (χ3n) is 3.33. The lowest BCUT2D eigenvalue weighted by Crippen LogP contribution is -2.45. The van der Waals surface area contributed by atoms with Crippen molar-refractivity contribution in [2.45, 2.75) is 46.2 Å². The van der Waals surface area contributed by atoms with Crippen molar-refractivity contribution in [3.05, 3.63) is 24.0 Å². The molecule has 0 saturated heterocycles. The van der Waals surface area contributed by atoms with E-state index in [2.05, 4.69) is 5.32 Å². The summed E-state index contributed by atoms with van der Waals surface area (Å²) in [5.74, 6) is -1.44. The number of carboxylic acids is 1. The lowest BCUT2D eigenvalue weighted by molar-refractivity contribution is -0.140. The molecule has 5 heteroatoms. The molecule has 0 spiro atoms. The number of carbonyl (C=O) groups excluding carboxylic acids is 1. The molecule has 0 saturated carbocycles. The molecule has 0 aromatic carbocycles. The number of aromatic nitrogens is 1. The number of nitrogens with zero attached hydrogens (tertiary/aromatic N) is 1. The fraction of sp³-hybridized carbons (Fsp3) is 0.571. The smallest absolute Gasteiger partial charge is 0.326 e. The van der Waals surface area contributed by atoms with Gasteiger partial charge in [0, 0.05) is 12.2 Å². The fourth-order valence-corrected chi connectivity index (χ4v) is 1.93. The van der Waals surface area contributed by atoms with Gasteiger partial charge >= 0.3 is 5.97 Å². The summed E-state index contributed by atoms with van der Waals surface area (Å²) in [6, 6.07) is 2.79. The minimum atomic E-state index is -0.995. The third-order valence-corrected chi connectivity index (χ3v) is 3.33. The number of amides is 1. The average Bonchev–Trinajstić information content (AvgIpc) is 2.83. The zero-order valence-electron chi connectivity index (χ0n) is 11.9. The number of hydrogen-bond acceptors (Lipinski definition) is 2. The molecule has 0 radical (unpaired) electrons. The summed E-state index contributed by atoms with van der Waals surface area (Å²) in [5, 5.41) is 11.8. The number of rotatable bonds is 6.